The smallest absolute Gasteiger partial charge is 0.246 e. The Morgan fingerprint density at radius 1 is 1.22 bits per heavy atom. The second-order valence-corrected chi connectivity index (χ2v) is 6.32. The summed E-state index contributed by atoms with van der Waals surface area (Å²) in [7, 11) is 1.57. The van der Waals surface area contributed by atoms with Gasteiger partial charge in [-0.3, -0.25) is 4.79 Å². The summed E-state index contributed by atoms with van der Waals surface area (Å²) < 4.78 is 5.05. The van der Waals surface area contributed by atoms with Crippen molar-refractivity contribution in [3.63, 3.8) is 0 Å². The number of carbonyl (C=O) groups excluding carboxylic acids is 1. The number of aliphatic hydroxyl groups excluding tert-OH is 1. The summed E-state index contributed by atoms with van der Waals surface area (Å²) in [5.41, 5.74) is 5.80. The van der Waals surface area contributed by atoms with Crippen molar-refractivity contribution in [3.05, 3.63) is 60.4 Å². The lowest BCUT2D eigenvalue weighted by Crippen LogP contribution is -2.25. The zero-order valence-electron chi connectivity index (χ0n) is 16.3. The van der Waals surface area contributed by atoms with Crippen LogP contribution in [0.2, 0.25) is 0 Å². The van der Waals surface area contributed by atoms with Gasteiger partial charge in [0, 0.05) is 25.4 Å². The summed E-state index contributed by atoms with van der Waals surface area (Å²) in [5, 5.41) is 25.1. The topological polar surface area (TPSA) is 116 Å². The van der Waals surface area contributed by atoms with Gasteiger partial charge in [0.25, 0.3) is 0 Å². The van der Waals surface area contributed by atoms with Crippen molar-refractivity contribution in [2.75, 3.05) is 20.3 Å². The molecule has 0 aliphatic carbocycles. The molecule has 1 heterocycles. The van der Waals surface area contributed by atoms with Gasteiger partial charge in [-0.25, -0.2) is 0 Å². The minimum atomic E-state index is -1.50. The average molecular weight is 380 g/mol. The Hall–Kier alpha value is -2.19. The molecule has 0 fully saturated rings. The molecule has 0 saturated heterocycles. The molecule has 2 rings (SSSR count). The van der Waals surface area contributed by atoms with Crippen molar-refractivity contribution in [1.29, 1.82) is 0 Å². The van der Waals surface area contributed by atoms with Gasteiger partial charge in [-0.2, -0.15) is 0 Å². The number of aliphatic hydroxyl groups is 3. The van der Waals surface area contributed by atoms with Crippen molar-refractivity contribution < 1.29 is 24.9 Å². The Balaban J connectivity index is 0.000000500. The van der Waals surface area contributed by atoms with E-state index in [0.29, 0.717) is 25.0 Å². The Kier molecular flexibility index (Phi) is 12.8. The monoisotopic (exact) mass is 380 g/mol. The standard InChI is InChI=1S/C11H18N2O3.C6H6.C3H8O2/c1-16-10(8-14)4-6-13-5-2-3-9(7-13)11(12)15;1-2-4-6-5-3-1;1-3(2,4)5/h2,5,7,10,14H,3-4,6,8H2,1H3,(H2,12,15);1-6H;4-5H,1-2H3. The van der Waals surface area contributed by atoms with Crippen LogP contribution in [-0.4, -0.2) is 58.3 Å². The molecule has 1 aromatic carbocycles. The lowest BCUT2D eigenvalue weighted by atomic mass is 10.1. The third-order valence-electron chi connectivity index (χ3n) is 3.19. The number of nitrogens with zero attached hydrogens (tertiary/aromatic N) is 1. The summed E-state index contributed by atoms with van der Waals surface area (Å²) in [6.45, 7) is 3.28. The normalized spacial score (nSPS) is 14.1. The molecule has 27 heavy (non-hydrogen) atoms. The van der Waals surface area contributed by atoms with Crippen LogP contribution in [0.5, 0.6) is 0 Å². The summed E-state index contributed by atoms with van der Waals surface area (Å²) in [5.74, 6) is -1.89. The Morgan fingerprint density at radius 3 is 2.07 bits per heavy atom. The van der Waals surface area contributed by atoms with E-state index in [4.69, 9.17) is 25.8 Å². The van der Waals surface area contributed by atoms with Crippen LogP contribution in [0.1, 0.15) is 26.7 Å². The number of rotatable bonds is 6. The highest BCUT2D eigenvalue weighted by Crippen LogP contribution is 2.12. The van der Waals surface area contributed by atoms with Crippen molar-refractivity contribution >= 4 is 5.91 Å². The molecule has 1 aliphatic rings. The molecular weight excluding hydrogens is 348 g/mol. The molecule has 0 radical (unpaired) electrons. The zero-order chi connectivity index (χ0) is 20.7. The molecule has 0 saturated carbocycles. The van der Waals surface area contributed by atoms with E-state index >= 15 is 0 Å². The molecule has 7 heteroatoms. The van der Waals surface area contributed by atoms with Crippen LogP contribution in [0, 0.1) is 0 Å². The van der Waals surface area contributed by atoms with E-state index in [2.05, 4.69) is 0 Å². The minimum absolute atomic E-state index is 0.000442. The van der Waals surface area contributed by atoms with E-state index in [-0.39, 0.29) is 18.6 Å². The van der Waals surface area contributed by atoms with Crippen LogP contribution in [0.25, 0.3) is 0 Å². The van der Waals surface area contributed by atoms with E-state index in [9.17, 15) is 4.79 Å². The van der Waals surface area contributed by atoms with E-state index in [0.717, 1.165) is 0 Å². The largest absolute Gasteiger partial charge is 0.394 e. The minimum Gasteiger partial charge on any atom is -0.394 e. The Morgan fingerprint density at radius 2 is 1.70 bits per heavy atom. The Bertz CT molecular complexity index is 531. The van der Waals surface area contributed by atoms with Gasteiger partial charge in [-0.1, -0.05) is 42.5 Å². The van der Waals surface area contributed by atoms with Crippen molar-refractivity contribution in [3.8, 4) is 0 Å². The molecule has 5 N–H and O–H groups in total. The molecule has 0 spiro atoms. The second kappa shape index (κ2) is 13.9. The number of ether oxygens (including phenoxy) is 1. The summed E-state index contributed by atoms with van der Waals surface area (Å²) in [6.07, 6.45) is 6.64. The first kappa shape index (κ1) is 24.8. The van der Waals surface area contributed by atoms with Gasteiger partial charge in [0.1, 0.15) is 0 Å². The van der Waals surface area contributed by atoms with Crippen molar-refractivity contribution in [2.45, 2.75) is 38.6 Å². The number of amides is 1. The highest BCUT2D eigenvalue weighted by molar-refractivity contribution is 5.92. The number of carbonyl (C=O) groups is 1. The lowest BCUT2D eigenvalue weighted by Gasteiger charge is -2.22. The Labute approximate surface area is 161 Å². The molecule has 1 amide bonds. The molecule has 0 aromatic heterocycles. The number of allylic oxidation sites excluding steroid dienone is 1. The highest BCUT2D eigenvalue weighted by atomic mass is 16.5. The number of primary amides is 1. The van der Waals surface area contributed by atoms with Crippen LogP contribution in [0.15, 0.2) is 60.4 Å². The fourth-order valence-corrected chi connectivity index (χ4v) is 1.88. The van der Waals surface area contributed by atoms with Crippen molar-refractivity contribution in [1.82, 2.24) is 4.90 Å². The van der Waals surface area contributed by atoms with Crippen LogP contribution < -0.4 is 5.73 Å². The number of hydrogen-bond acceptors (Lipinski definition) is 6. The zero-order valence-corrected chi connectivity index (χ0v) is 16.3. The van der Waals surface area contributed by atoms with Crippen LogP contribution in [0.4, 0.5) is 0 Å². The van der Waals surface area contributed by atoms with Crippen LogP contribution >= 0.6 is 0 Å². The van der Waals surface area contributed by atoms with Gasteiger partial charge in [0.2, 0.25) is 5.91 Å². The van der Waals surface area contributed by atoms with E-state index < -0.39 is 5.79 Å². The average Bonchev–Trinajstić information content (AvgIpc) is 2.63. The maximum absolute atomic E-state index is 11.0. The maximum Gasteiger partial charge on any atom is 0.246 e. The van der Waals surface area contributed by atoms with E-state index in [1.165, 1.54) is 13.8 Å². The summed E-state index contributed by atoms with van der Waals surface area (Å²) >= 11 is 0. The summed E-state index contributed by atoms with van der Waals surface area (Å²) in [6, 6.07) is 12.0. The van der Waals surface area contributed by atoms with Gasteiger partial charge in [0.05, 0.1) is 12.7 Å². The maximum atomic E-state index is 11.0. The quantitative estimate of drug-likeness (QED) is 0.554. The number of nitrogens with two attached hydrogens (primary N) is 1. The fourth-order valence-electron chi connectivity index (χ4n) is 1.88. The van der Waals surface area contributed by atoms with Gasteiger partial charge in [-0.15, -0.1) is 0 Å². The first-order chi connectivity index (χ1) is 12.7. The molecule has 1 atom stereocenters. The predicted molar refractivity (Wildman–Crippen MR) is 105 cm³/mol. The number of benzene rings is 1. The fraction of sp³-hybridized carbons (Fsp3) is 0.450. The van der Waals surface area contributed by atoms with Crippen molar-refractivity contribution in [2.24, 2.45) is 5.73 Å². The van der Waals surface area contributed by atoms with Gasteiger partial charge < -0.3 is 30.7 Å². The molecular formula is C20H32N2O5. The van der Waals surface area contributed by atoms with E-state index in [1.807, 2.05) is 53.6 Å². The predicted octanol–water partition coefficient (Wildman–Crippen LogP) is 1.37. The SMILES string of the molecule is CC(C)(O)O.COC(CO)CCN1C=CCC(C(N)=O)=C1.c1ccccc1. The van der Waals surface area contributed by atoms with Crippen LogP contribution in [0.3, 0.4) is 0 Å². The molecule has 1 unspecified atom stereocenters. The number of methoxy groups -OCH3 is 1. The van der Waals surface area contributed by atoms with E-state index in [1.54, 1.807) is 13.3 Å². The third-order valence-corrected chi connectivity index (χ3v) is 3.19. The first-order valence-electron chi connectivity index (χ1n) is 8.68. The van der Waals surface area contributed by atoms with Gasteiger partial charge in [0.15, 0.2) is 5.79 Å². The molecule has 152 valence electrons. The number of hydrogen-bond donors (Lipinski definition) is 4. The highest BCUT2D eigenvalue weighted by Gasteiger charge is 2.12. The first-order valence-corrected chi connectivity index (χ1v) is 8.68. The molecule has 0 bridgehead atoms. The van der Waals surface area contributed by atoms with Crippen LogP contribution in [-0.2, 0) is 9.53 Å². The van der Waals surface area contributed by atoms with Gasteiger partial charge >= 0.3 is 0 Å². The molecule has 1 aliphatic heterocycles. The lowest BCUT2D eigenvalue weighted by molar-refractivity contribution is -0.127. The summed E-state index contributed by atoms with van der Waals surface area (Å²) in [4.78, 5) is 12.9. The van der Waals surface area contributed by atoms with Gasteiger partial charge in [-0.05, 0) is 32.9 Å². The molecule has 7 nitrogen and oxygen atoms in total. The molecule has 1 aromatic rings. The second-order valence-electron chi connectivity index (χ2n) is 6.32. The third kappa shape index (κ3) is 15.8.